The highest BCUT2D eigenvalue weighted by molar-refractivity contribution is 5.79. The number of ether oxygens (including phenoxy) is 1. The molecule has 4 rings (SSSR count). The van der Waals surface area contributed by atoms with E-state index in [-0.39, 0.29) is 17.7 Å². The van der Waals surface area contributed by atoms with Crippen LogP contribution in [0.2, 0.25) is 0 Å². The Labute approximate surface area is 190 Å². The van der Waals surface area contributed by atoms with Gasteiger partial charge in [0.15, 0.2) is 0 Å². The summed E-state index contributed by atoms with van der Waals surface area (Å²) in [6, 6.07) is 16.5. The lowest BCUT2D eigenvalue weighted by Gasteiger charge is -2.36. The zero-order chi connectivity index (χ0) is 22.3. The van der Waals surface area contributed by atoms with Crippen LogP contribution in [0.1, 0.15) is 42.7 Å². The summed E-state index contributed by atoms with van der Waals surface area (Å²) in [5.41, 5.74) is 3.76. The topological polar surface area (TPSA) is 61.9 Å². The predicted molar refractivity (Wildman–Crippen MR) is 126 cm³/mol. The van der Waals surface area contributed by atoms with Crippen molar-refractivity contribution in [2.24, 2.45) is 0 Å². The van der Waals surface area contributed by atoms with E-state index in [9.17, 15) is 9.59 Å². The highest BCUT2D eigenvalue weighted by Gasteiger charge is 2.24. The summed E-state index contributed by atoms with van der Waals surface area (Å²) in [6.07, 6.45) is 3.98. The molecule has 170 valence electrons. The van der Waals surface area contributed by atoms with Crippen LogP contribution in [-0.4, -0.2) is 56.5 Å². The molecule has 0 bridgehead atoms. The summed E-state index contributed by atoms with van der Waals surface area (Å²) in [5, 5.41) is 2.97. The Kier molecular flexibility index (Phi) is 7.30. The van der Waals surface area contributed by atoms with Crippen molar-refractivity contribution in [2.45, 2.75) is 38.0 Å². The normalized spacial score (nSPS) is 18.1. The molecule has 1 atom stereocenters. The standard InChI is InChI=1S/C26H33N3O3/c1-32-23-10-11-24-20(18-23)6-5-7-21(24)19-25(30)27-13-12-26(31)29-16-14-28(15-17-29)22-8-3-2-4-9-22/h2-4,8-11,18,21H,5-7,12-17,19H2,1H3,(H,27,30). The first-order valence-electron chi connectivity index (χ1n) is 11.7. The van der Waals surface area contributed by atoms with Crippen molar-refractivity contribution in [2.75, 3.05) is 44.7 Å². The maximum absolute atomic E-state index is 12.6. The number of aryl methyl sites for hydroxylation is 1. The summed E-state index contributed by atoms with van der Waals surface area (Å²) >= 11 is 0. The van der Waals surface area contributed by atoms with Crippen LogP contribution in [0, 0.1) is 0 Å². The van der Waals surface area contributed by atoms with Crippen LogP contribution >= 0.6 is 0 Å². The first kappa shape index (κ1) is 22.2. The predicted octanol–water partition coefficient (Wildman–Crippen LogP) is 3.36. The third-order valence-electron chi connectivity index (χ3n) is 6.64. The third-order valence-corrected chi connectivity index (χ3v) is 6.64. The van der Waals surface area contributed by atoms with Crippen LogP contribution in [0.15, 0.2) is 48.5 Å². The van der Waals surface area contributed by atoms with Crippen molar-refractivity contribution < 1.29 is 14.3 Å². The molecule has 32 heavy (non-hydrogen) atoms. The average Bonchev–Trinajstić information content (AvgIpc) is 2.84. The second-order valence-electron chi connectivity index (χ2n) is 8.66. The summed E-state index contributed by atoms with van der Waals surface area (Å²) in [7, 11) is 1.68. The zero-order valence-corrected chi connectivity index (χ0v) is 18.9. The molecule has 0 saturated carbocycles. The second-order valence-corrected chi connectivity index (χ2v) is 8.66. The van der Waals surface area contributed by atoms with E-state index < -0.39 is 0 Å². The number of amides is 2. The largest absolute Gasteiger partial charge is 0.497 e. The van der Waals surface area contributed by atoms with Gasteiger partial charge in [-0.1, -0.05) is 24.3 Å². The number of piperazine rings is 1. The highest BCUT2D eigenvalue weighted by Crippen LogP contribution is 2.35. The summed E-state index contributed by atoms with van der Waals surface area (Å²) in [5.74, 6) is 1.26. The Morgan fingerprint density at radius 2 is 1.84 bits per heavy atom. The van der Waals surface area contributed by atoms with Gasteiger partial charge in [-0.2, -0.15) is 0 Å². The number of nitrogens with one attached hydrogen (secondary N) is 1. The highest BCUT2D eigenvalue weighted by atomic mass is 16.5. The molecule has 1 aliphatic heterocycles. The number of anilines is 1. The van der Waals surface area contributed by atoms with Gasteiger partial charge in [-0.05, 0) is 60.6 Å². The van der Waals surface area contributed by atoms with E-state index >= 15 is 0 Å². The number of nitrogens with zero attached hydrogens (tertiary/aromatic N) is 2. The number of hydrogen-bond acceptors (Lipinski definition) is 4. The van der Waals surface area contributed by atoms with E-state index in [2.05, 4.69) is 34.5 Å². The van der Waals surface area contributed by atoms with Gasteiger partial charge in [0, 0.05) is 51.3 Å². The first-order chi connectivity index (χ1) is 15.6. The maximum atomic E-state index is 12.6. The van der Waals surface area contributed by atoms with E-state index in [0.717, 1.165) is 51.2 Å². The number of carbonyl (C=O) groups is 2. The Hall–Kier alpha value is -3.02. The van der Waals surface area contributed by atoms with Gasteiger partial charge in [0.25, 0.3) is 0 Å². The van der Waals surface area contributed by atoms with E-state index in [1.54, 1.807) is 7.11 Å². The van der Waals surface area contributed by atoms with Crippen molar-refractivity contribution in [1.29, 1.82) is 0 Å². The van der Waals surface area contributed by atoms with Crippen molar-refractivity contribution in [1.82, 2.24) is 10.2 Å². The molecule has 6 nitrogen and oxygen atoms in total. The van der Waals surface area contributed by atoms with E-state index in [0.29, 0.717) is 19.4 Å². The molecule has 2 aliphatic rings. The van der Waals surface area contributed by atoms with Crippen molar-refractivity contribution in [3.8, 4) is 5.75 Å². The Balaban J connectivity index is 1.19. The van der Waals surface area contributed by atoms with Gasteiger partial charge in [-0.25, -0.2) is 0 Å². The number of rotatable bonds is 7. The Morgan fingerprint density at radius 3 is 2.59 bits per heavy atom. The van der Waals surface area contributed by atoms with Crippen LogP contribution in [0.5, 0.6) is 5.75 Å². The average molecular weight is 436 g/mol. The number of hydrogen-bond donors (Lipinski definition) is 1. The van der Waals surface area contributed by atoms with Crippen molar-refractivity contribution in [3.63, 3.8) is 0 Å². The number of para-hydroxylation sites is 1. The molecule has 2 amide bonds. The molecule has 1 heterocycles. The molecule has 1 aliphatic carbocycles. The van der Waals surface area contributed by atoms with Gasteiger partial charge in [0.2, 0.25) is 11.8 Å². The first-order valence-corrected chi connectivity index (χ1v) is 11.7. The molecule has 0 radical (unpaired) electrons. The van der Waals surface area contributed by atoms with Gasteiger partial charge >= 0.3 is 0 Å². The van der Waals surface area contributed by atoms with Crippen LogP contribution < -0.4 is 15.0 Å². The number of carbonyl (C=O) groups excluding carboxylic acids is 2. The molecule has 2 aromatic rings. The van der Waals surface area contributed by atoms with Crippen molar-refractivity contribution >= 4 is 17.5 Å². The number of fused-ring (bicyclic) bond motifs is 1. The lowest BCUT2D eigenvalue weighted by molar-refractivity contribution is -0.131. The molecule has 0 spiro atoms. The molecule has 1 unspecified atom stereocenters. The van der Waals surface area contributed by atoms with E-state index in [1.807, 2.05) is 29.2 Å². The number of benzene rings is 2. The fraction of sp³-hybridized carbons (Fsp3) is 0.462. The lowest BCUT2D eigenvalue weighted by atomic mass is 9.81. The minimum Gasteiger partial charge on any atom is -0.497 e. The Bertz CT molecular complexity index is 923. The third kappa shape index (κ3) is 5.42. The minimum absolute atomic E-state index is 0.0281. The summed E-state index contributed by atoms with van der Waals surface area (Å²) in [6.45, 7) is 3.54. The van der Waals surface area contributed by atoms with Crippen LogP contribution in [-0.2, 0) is 16.0 Å². The van der Waals surface area contributed by atoms with Crippen LogP contribution in [0.25, 0.3) is 0 Å². The fourth-order valence-corrected chi connectivity index (χ4v) is 4.85. The minimum atomic E-state index is 0.0281. The summed E-state index contributed by atoms with van der Waals surface area (Å²) < 4.78 is 5.33. The van der Waals surface area contributed by atoms with E-state index in [4.69, 9.17) is 4.74 Å². The number of methoxy groups -OCH3 is 1. The zero-order valence-electron chi connectivity index (χ0n) is 18.9. The molecule has 6 heteroatoms. The lowest BCUT2D eigenvalue weighted by Crippen LogP contribution is -2.49. The SMILES string of the molecule is COc1ccc2c(c1)CCCC2CC(=O)NCCC(=O)N1CCN(c2ccccc2)CC1. The van der Waals surface area contributed by atoms with Gasteiger partial charge < -0.3 is 19.9 Å². The molecule has 2 aromatic carbocycles. The van der Waals surface area contributed by atoms with Gasteiger partial charge in [0.05, 0.1) is 7.11 Å². The molecular weight excluding hydrogens is 402 g/mol. The monoisotopic (exact) mass is 435 g/mol. The smallest absolute Gasteiger partial charge is 0.224 e. The van der Waals surface area contributed by atoms with Gasteiger partial charge in [-0.3, -0.25) is 9.59 Å². The fourth-order valence-electron chi connectivity index (χ4n) is 4.85. The van der Waals surface area contributed by atoms with Crippen LogP contribution in [0.3, 0.4) is 0 Å². The second kappa shape index (κ2) is 10.5. The summed E-state index contributed by atoms with van der Waals surface area (Å²) in [4.78, 5) is 29.3. The van der Waals surface area contributed by atoms with Crippen molar-refractivity contribution in [3.05, 3.63) is 59.7 Å². The van der Waals surface area contributed by atoms with Gasteiger partial charge in [-0.15, -0.1) is 0 Å². The Morgan fingerprint density at radius 1 is 1.06 bits per heavy atom. The van der Waals surface area contributed by atoms with Gasteiger partial charge in [0.1, 0.15) is 5.75 Å². The molecule has 1 fully saturated rings. The van der Waals surface area contributed by atoms with Crippen LogP contribution in [0.4, 0.5) is 5.69 Å². The quantitative estimate of drug-likeness (QED) is 0.725. The molecule has 1 N–H and O–H groups in total. The molecule has 0 aromatic heterocycles. The molecular formula is C26H33N3O3. The maximum Gasteiger partial charge on any atom is 0.224 e. The van der Waals surface area contributed by atoms with E-state index in [1.165, 1.54) is 16.8 Å². The molecule has 1 saturated heterocycles.